The zero-order valence-corrected chi connectivity index (χ0v) is 26.7. The molecule has 0 radical (unpaired) electrons. The van der Waals surface area contributed by atoms with Crippen LogP contribution >= 0.6 is 11.6 Å². The number of rotatable bonds is 10. The maximum Gasteiger partial charge on any atom is 0.242 e. The van der Waals surface area contributed by atoms with Crippen LogP contribution in [0.15, 0.2) is 59.5 Å². The number of aromatic nitrogens is 1. The Morgan fingerprint density at radius 3 is 2.53 bits per heavy atom. The molecular formula is C34H37ClN4O6. The van der Waals surface area contributed by atoms with Crippen LogP contribution < -0.4 is 35.6 Å². The molecule has 1 aliphatic rings. The number of fused-ring (bicyclic) bond motifs is 4. The van der Waals surface area contributed by atoms with E-state index in [0.717, 1.165) is 22.0 Å². The van der Waals surface area contributed by atoms with Gasteiger partial charge >= 0.3 is 0 Å². The fourth-order valence-corrected chi connectivity index (χ4v) is 6.19. The van der Waals surface area contributed by atoms with Crippen LogP contribution in [-0.4, -0.2) is 50.3 Å². The smallest absolute Gasteiger partial charge is 0.242 e. The zero-order chi connectivity index (χ0) is 32.2. The minimum atomic E-state index is -0.701. The van der Waals surface area contributed by atoms with Gasteiger partial charge in [0.2, 0.25) is 23.0 Å². The highest BCUT2D eigenvalue weighted by Crippen LogP contribution is 2.50. The number of benzene rings is 2. The van der Waals surface area contributed by atoms with Crippen LogP contribution in [0.2, 0.25) is 5.02 Å². The molecule has 0 saturated carbocycles. The van der Waals surface area contributed by atoms with E-state index in [1.807, 2.05) is 47.2 Å². The highest BCUT2D eigenvalue weighted by molar-refractivity contribution is 6.35. The van der Waals surface area contributed by atoms with Crippen molar-refractivity contribution in [2.45, 2.75) is 45.3 Å². The molecule has 2 atom stereocenters. The van der Waals surface area contributed by atoms with Crippen molar-refractivity contribution in [3.63, 3.8) is 0 Å². The minimum Gasteiger partial charge on any atom is -0.493 e. The summed E-state index contributed by atoms with van der Waals surface area (Å²) in [5, 5.41) is 10.7. The Bertz CT molecular complexity index is 1820. The average molecular weight is 633 g/mol. The first kappa shape index (κ1) is 31.7. The van der Waals surface area contributed by atoms with Crippen molar-refractivity contribution in [3.05, 3.63) is 81.1 Å². The Hall–Kier alpha value is -4.70. The summed E-state index contributed by atoms with van der Waals surface area (Å²) in [5.74, 6) is 0.953. The SMILES string of the molecule is COc1cc2c(c(OC)c1OC)-c1ccc(N[C@H](C)C(=O)NCCn3ccc4c(Cl)cccc43)c(=O)cc1[C@H](NC(C)=O)CC2. The van der Waals surface area contributed by atoms with Gasteiger partial charge in [-0.2, -0.15) is 0 Å². The number of anilines is 1. The maximum absolute atomic E-state index is 13.6. The summed E-state index contributed by atoms with van der Waals surface area (Å²) in [6.45, 7) is 4.10. The molecular weight excluding hydrogens is 596 g/mol. The van der Waals surface area contributed by atoms with Gasteiger partial charge < -0.3 is 34.7 Å². The number of nitrogens with zero attached hydrogens (tertiary/aromatic N) is 1. The summed E-state index contributed by atoms with van der Waals surface area (Å²) in [4.78, 5) is 38.9. The van der Waals surface area contributed by atoms with Crippen molar-refractivity contribution < 1.29 is 23.8 Å². The lowest BCUT2D eigenvalue weighted by atomic mass is 9.95. The lowest BCUT2D eigenvalue weighted by Gasteiger charge is -2.19. The number of nitrogens with one attached hydrogen (secondary N) is 3. The summed E-state index contributed by atoms with van der Waals surface area (Å²) in [5.41, 5.74) is 3.96. The largest absolute Gasteiger partial charge is 0.493 e. The predicted molar refractivity (Wildman–Crippen MR) is 176 cm³/mol. The van der Waals surface area contributed by atoms with Crippen molar-refractivity contribution in [3.8, 4) is 28.4 Å². The summed E-state index contributed by atoms with van der Waals surface area (Å²) in [6, 6.07) is 13.5. The molecule has 2 amide bonds. The Morgan fingerprint density at radius 2 is 1.82 bits per heavy atom. The van der Waals surface area contributed by atoms with E-state index in [0.29, 0.717) is 59.3 Å². The van der Waals surface area contributed by atoms with Crippen LogP contribution in [-0.2, 0) is 22.6 Å². The van der Waals surface area contributed by atoms with Gasteiger partial charge in [0.1, 0.15) is 6.04 Å². The fraction of sp³-hybridized carbons (Fsp3) is 0.324. The van der Waals surface area contributed by atoms with E-state index in [1.54, 1.807) is 27.2 Å². The lowest BCUT2D eigenvalue weighted by Crippen LogP contribution is -2.39. The number of amides is 2. The molecule has 10 nitrogen and oxygen atoms in total. The fourth-order valence-electron chi connectivity index (χ4n) is 5.96. The number of halogens is 1. The molecule has 1 aromatic heterocycles. The van der Waals surface area contributed by atoms with Gasteiger partial charge in [-0.3, -0.25) is 14.4 Å². The summed E-state index contributed by atoms with van der Waals surface area (Å²) >= 11 is 6.29. The second-order valence-corrected chi connectivity index (χ2v) is 11.3. The molecule has 0 bridgehead atoms. The normalized spacial score (nSPS) is 14.4. The van der Waals surface area contributed by atoms with Gasteiger partial charge in [-0.1, -0.05) is 23.7 Å². The molecule has 1 heterocycles. The van der Waals surface area contributed by atoms with Crippen LogP contribution in [0.4, 0.5) is 5.69 Å². The average Bonchev–Trinajstić information content (AvgIpc) is 3.30. The van der Waals surface area contributed by atoms with E-state index in [2.05, 4.69) is 16.0 Å². The van der Waals surface area contributed by atoms with Crippen molar-refractivity contribution in [1.29, 1.82) is 0 Å². The first-order valence-corrected chi connectivity index (χ1v) is 15.1. The topological polar surface area (TPSA) is 120 Å². The van der Waals surface area contributed by atoms with E-state index in [9.17, 15) is 14.4 Å². The molecule has 11 heteroatoms. The number of ether oxygens (including phenoxy) is 3. The zero-order valence-electron chi connectivity index (χ0n) is 26.0. The summed E-state index contributed by atoms with van der Waals surface area (Å²) < 4.78 is 19.1. The molecule has 0 spiro atoms. The molecule has 3 aromatic carbocycles. The van der Waals surface area contributed by atoms with E-state index in [4.69, 9.17) is 25.8 Å². The number of carbonyl (C=O) groups is 2. The third kappa shape index (κ3) is 6.42. The maximum atomic E-state index is 13.6. The molecule has 4 aromatic rings. The highest BCUT2D eigenvalue weighted by Gasteiger charge is 2.29. The van der Waals surface area contributed by atoms with Gasteiger partial charge in [-0.05, 0) is 72.9 Å². The van der Waals surface area contributed by atoms with Crippen molar-refractivity contribution >= 4 is 40.0 Å². The highest BCUT2D eigenvalue weighted by atomic mass is 35.5. The second kappa shape index (κ2) is 13.5. The Balaban J connectivity index is 1.43. The lowest BCUT2D eigenvalue weighted by molar-refractivity contribution is -0.121. The van der Waals surface area contributed by atoms with Crippen molar-refractivity contribution in [1.82, 2.24) is 15.2 Å². The van der Waals surface area contributed by atoms with Gasteiger partial charge in [0.15, 0.2) is 11.5 Å². The summed E-state index contributed by atoms with van der Waals surface area (Å²) in [6.07, 6.45) is 3.08. The van der Waals surface area contributed by atoms with E-state index in [1.165, 1.54) is 20.1 Å². The third-order valence-corrected chi connectivity index (χ3v) is 8.42. The molecule has 3 N–H and O–H groups in total. The number of hydrogen-bond donors (Lipinski definition) is 3. The molecule has 0 aliphatic heterocycles. The van der Waals surface area contributed by atoms with E-state index < -0.39 is 12.1 Å². The Kier molecular flexibility index (Phi) is 9.53. The van der Waals surface area contributed by atoms with Crippen LogP contribution in [0.25, 0.3) is 22.0 Å². The first-order valence-electron chi connectivity index (χ1n) is 14.7. The Labute approximate surface area is 266 Å². The first-order chi connectivity index (χ1) is 21.7. The number of carbonyl (C=O) groups excluding carboxylic acids is 2. The monoisotopic (exact) mass is 632 g/mol. The van der Waals surface area contributed by atoms with Gasteiger partial charge in [0.25, 0.3) is 0 Å². The number of aryl methyl sites for hydroxylation is 1. The minimum absolute atomic E-state index is 0.211. The van der Waals surface area contributed by atoms with Gasteiger partial charge in [-0.15, -0.1) is 0 Å². The Morgan fingerprint density at radius 1 is 1.04 bits per heavy atom. The van der Waals surface area contributed by atoms with E-state index in [-0.39, 0.29) is 22.9 Å². The third-order valence-electron chi connectivity index (χ3n) is 8.09. The number of methoxy groups -OCH3 is 3. The van der Waals surface area contributed by atoms with Gasteiger partial charge in [0, 0.05) is 47.7 Å². The number of hydrogen-bond acceptors (Lipinski definition) is 7. The molecule has 45 heavy (non-hydrogen) atoms. The van der Waals surface area contributed by atoms with E-state index >= 15 is 0 Å². The molecule has 0 saturated heterocycles. The second-order valence-electron chi connectivity index (χ2n) is 10.9. The van der Waals surface area contributed by atoms with Crippen LogP contribution in [0.5, 0.6) is 17.2 Å². The molecule has 0 fully saturated rings. The molecule has 1 aliphatic carbocycles. The van der Waals surface area contributed by atoms with Crippen molar-refractivity contribution in [2.75, 3.05) is 33.2 Å². The standard InChI is InChI=1S/C34H37ClN4O6/c1-19(34(42)36-14-16-39-15-13-23-25(35)7-6-8-28(23)39)37-27-12-10-22-24(18-29(27)41)26(38-20(2)40)11-9-21-17-30(43-3)32(44-4)33(45-5)31(21)22/h6-8,10,12-13,15,17-19,26H,9,11,14,16H2,1-5H3,(H,36,42)(H,37,41)(H,38,40)/t19-,26-/m1/s1. The van der Waals surface area contributed by atoms with Crippen LogP contribution in [0, 0.1) is 0 Å². The van der Waals surface area contributed by atoms with Crippen LogP contribution in [0.1, 0.15) is 37.4 Å². The molecule has 236 valence electrons. The molecule has 5 rings (SSSR count). The predicted octanol–water partition coefficient (Wildman–Crippen LogP) is 5.09. The summed E-state index contributed by atoms with van der Waals surface area (Å²) in [7, 11) is 4.65. The van der Waals surface area contributed by atoms with Crippen LogP contribution in [0.3, 0.4) is 0 Å². The van der Waals surface area contributed by atoms with Crippen molar-refractivity contribution in [2.24, 2.45) is 0 Å². The van der Waals surface area contributed by atoms with Gasteiger partial charge in [0.05, 0.1) is 33.1 Å². The quantitative estimate of drug-likeness (QED) is 0.223. The molecule has 0 unspecified atom stereocenters. The van der Waals surface area contributed by atoms with Gasteiger partial charge in [-0.25, -0.2) is 0 Å².